The first-order valence-corrected chi connectivity index (χ1v) is 21.6. The Bertz CT molecular complexity index is 1060. The summed E-state index contributed by atoms with van der Waals surface area (Å²) in [5, 5.41) is 10.9. The van der Waals surface area contributed by atoms with Gasteiger partial charge in [-0.3, -0.25) is 0 Å². The summed E-state index contributed by atoms with van der Waals surface area (Å²) in [6.07, 6.45) is 1.20. The van der Waals surface area contributed by atoms with Crippen molar-refractivity contribution in [1.29, 1.82) is 0 Å². The second kappa shape index (κ2) is 13.6. The Labute approximate surface area is 264 Å². The summed E-state index contributed by atoms with van der Waals surface area (Å²) in [6, 6.07) is 0. The molecule has 2 fully saturated rings. The number of rotatable bonds is 6. The third-order valence-corrected chi connectivity index (χ3v) is 20.2. The van der Waals surface area contributed by atoms with Gasteiger partial charge < -0.3 is 23.6 Å². The Balaban J connectivity index is 0.000000410. The zero-order valence-corrected chi connectivity index (χ0v) is 31.6. The fraction of sp³-hybridized carbons (Fsp3) is 0.812. The van der Waals surface area contributed by atoms with Gasteiger partial charge in [-0.1, -0.05) is 92.4 Å². The lowest BCUT2D eigenvalue weighted by molar-refractivity contribution is 0.0384. The first-order chi connectivity index (χ1) is 18.5. The highest BCUT2D eigenvalue weighted by molar-refractivity contribution is 6.74. The molecule has 0 radical (unpaired) electrons. The van der Waals surface area contributed by atoms with E-state index in [0.717, 1.165) is 24.0 Å². The van der Waals surface area contributed by atoms with Crippen molar-refractivity contribution in [2.75, 3.05) is 0 Å². The van der Waals surface area contributed by atoms with Crippen molar-refractivity contribution >= 4 is 39.8 Å². The van der Waals surface area contributed by atoms with Crippen molar-refractivity contribution in [2.45, 2.75) is 154 Å². The molecule has 9 heteroatoms. The highest BCUT2D eigenvalue weighted by atomic mass is 35.5. The molecular weight excluding hydrogens is 587 g/mol. The van der Waals surface area contributed by atoms with Crippen LogP contribution in [0.5, 0.6) is 0 Å². The van der Waals surface area contributed by atoms with E-state index in [9.17, 15) is 5.11 Å². The number of hydrogen-bond donors (Lipinski definition) is 1. The average molecular weight is 644 g/mol. The zero-order valence-electron chi connectivity index (χ0n) is 28.1. The molecule has 2 aliphatic rings. The zero-order chi connectivity index (χ0) is 32.4. The van der Waals surface area contributed by atoms with E-state index < -0.39 is 39.9 Å². The highest BCUT2D eigenvalue weighted by Gasteiger charge is 2.61. The Morgan fingerprint density at radius 2 is 1.27 bits per heavy atom. The van der Waals surface area contributed by atoms with Gasteiger partial charge >= 0.3 is 0 Å². The van der Waals surface area contributed by atoms with Crippen LogP contribution < -0.4 is 0 Å². The molecule has 0 aromatic rings. The molecule has 0 aromatic heterocycles. The minimum atomic E-state index is -2.05. The Morgan fingerprint density at radius 3 is 1.61 bits per heavy atom. The lowest BCUT2D eigenvalue weighted by Gasteiger charge is -2.39. The predicted molar refractivity (Wildman–Crippen MR) is 180 cm³/mol. The van der Waals surface area contributed by atoms with Gasteiger partial charge in [-0.25, -0.2) is 13.1 Å². The number of halogens is 2. The summed E-state index contributed by atoms with van der Waals surface area (Å²) in [5.41, 5.74) is 3.61. The van der Waals surface area contributed by atoms with E-state index in [2.05, 4.69) is 91.3 Å². The summed E-state index contributed by atoms with van der Waals surface area (Å²) < 4.78 is 12.9. The molecule has 5 nitrogen and oxygen atoms in total. The standard InChI is InChI=1S/C16H28ClNO2Si.C16H28ClNOSi/c1-9-16(18-6)11(2)13(19)14(12(16)10-17)20-21(7,8)15(3,4)5;1-9-16(18-6)12(2)10-14(13(16)11-17)19-20(7,8)15(3,4)5/h10-11,13-14,19H,9H2,1-5,7-8H3;11-12,14H,9-10H2,1-5,7-8H3/b12-10-;13-11-/t11-,13+,14-,16-;12-,14+,16-/m00/s1. The molecular formula is C32H56Cl2N2O3Si2. The van der Waals surface area contributed by atoms with Crippen LogP contribution in [-0.4, -0.2) is 51.1 Å². The Hall–Kier alpha value is -0.646. The van der Waals surface area contributed by atoms with Crippen LogP contribution in [0, 0.1) is 25.0 Å². The lowest BCUT2D eigenvalue weighted by Crippen LogP contribution is -2.46. The molecule has 2 aliphatic carbocycles. The maximum atomic E-state index is 10.6. The van der Waals surface area contributed by atoms with Crippen LogP contribution >= 0.6 is 23.2 Å². The second-order valence-corrected chi connectivity index (χ2v) is 24.9. The van der Waals surface area contributed by atoms with Crippen LogP contribution in [0.2, 0.25) is 36.3 Å². The minimum absolute atomic E-state index is 0.0115. The van der Waals surface area contributed by atoms with Gasteiger partial charge in [0.25, 0.3) is 11.1 Å². The molecule has 0 unspecified atom stereocenters. The number of nitrogens with zero attached hydrogens (tertiary/aromatic N) is 2. The van der Waals surface area contributed by atoms with Crippen LogP contribution in [-0.2, 0) is 8.85 Å². The van der Waals surface area contributed by atoms with Gasteiger partial charge in [0.05, 0.1) is 29.3 Å². The molecule has 2 rings (SSSR count). The molecule has 41 heavy (non-hydrogen) atoms. The van der Waals surface area contributed by atoms with E-state index in [1.807, 2.05) is 13.8 Å². The minimum Gasteiger partial charge on any atom is -0.410 e. The molecule has 0 aliphatic heterocycles. The first kappa shape index (κ1) is 38.4. The molecule has 1 N–H and O–H groups in total. The Morgan fingerprint density at radius 1 is 0.854 bits per heavy atom. The van der Waals surface area contributed by atoms with Crippen LogP contribution in [0.4, 0.5) is 0 Å². The van der Waals surface area contributed by atoms with E-state index in [-0.39, 0.29) is 22.1 Å². The normalized spacial score (nSPS) is 34.8. The Kier molecular flexibility index (Phi) is 12.7. The molecule has 0 aromatic carbocycles. The van der Waals surface area contributed by atoms with Crippen molar-refractivity contribution in [3.63, 3.8) is 0 Å². The van der Waals surface area contributed by atoms with E-state index in [0.29, 0.717) is 12.3 Å². The summed E-state index contributed by atoms with van der Waals surface area (Å²) in [6.45, 7) is 45.4. The average Bonchev–Trinajstić information content (AvgIpc) is 3.24. The van der Waals surface area contributed by atoms with Crippen molar-refractivity contribution in [1.82, 2.24) is 0 Å². The van der Waals surface area contributed by atoms with Gasteiger partial charge in [-0.15, -0.1) is 0 Å². The largest absolute Gasteiger partial charge is 0.410 e. The topological polar surface area (TPSA) is 47.4 Å². The van der Waals surface area contributed by atoms with Gasteiger partial charge in [-0.05, 0) is 42.7 Å². The van der Waals surface area contributed by atoms with Crippen molar-refractivity contribution in [3.8, 4) is 0 Å². The van der Waals surface area contributed by atoms with Crippen molar-refractivity contribution in [2.24, 2.45) is 11.8 Å². The van der Waals surface area contributed by atoms with Crippen LogP contribution in [0.1, 0.15) is 88.5 Å². The van der Waals surface area contributed by atoms with E-state index in [1.54, 1.807) is 5.54 Å². The summed E-state index contributed by atoms with van der Waals surface area (Å²) >= 11 is 12.1. The van der Waals surface area contributed by atoms with Gasteiger partial charge in [0.2, 0.25) is 0 Å². The van der Waals surface area contributed by atoms with Crippen LogP contribution in [0.3, 0.4) is 0 Å². The molecule has 234 valence electrons. The highest BCUT2D eigenvalue weighted by Crippen LogP contribution is 2.51. The van der Waals surface area contributed by atoms with Gasteiger partial charge in [0.1, 0.15) is 6.10 Å². The molecule has 0 saturated heterocycles. The maximum Gasteiger partial charge on any atom is 0.262 e. The summed E-state index contributed by atoms with van der Waals surface area (Å²) in [4.78, 5) is 7.78. The molecule has 0 heterocycles. The van der Waals surface area contributed by atoms with Gasteiger partial charge in [0.15, 0.2) is 16.6 Å². The van der Waals surface area contributed by atoms with Crippen molar-refractivity contribution < 1.29 is 14.0 Å². The van der Waals surface area contributed by atoms with Crippen LogP contribution in [0.25, 0.3) is 9.69 Å². The third kappa shape index (κ3) is 7.20. The molecule has 0 bridgehead atoms. The smallest absolute Gasteiger partial charge is 0.262 e. The van der Waals surface area contributed by atoms with Crippen molar-refractivity contribution in [3.05, 3.63) is 45.1 Å². The fourth-order valence-electron chi connectivity index (χ4n) is 5.61. The molecule has 7 atom stereocenters. The SMILES string of the molecule is [C-]#[N+][C@]1(CC)/C(=C\Cl)[C@H](O[Si](C)(C)C(C)(C)C)C[C@@H]1C.[C-]#[N+][C@]1(CC)/C(=C\Cl)[C@H](O[Si](C)(C)C(C)(C)C)[C@H](O)[C@@H]1C. The van der Waals surface area contributed by atoms with Gasteiger partial charge in [0, 0.05) is 29.8 Å². The molecule has 0 amide bonds. The van der Waals surface area contributed by atoms with E-state index in [1.165, 1.54) is 5.54 Å². The first-order valence-electron chi connectivity index (χ1n) is 15.0. The van der Waals surface area contributed by atoms with E-state index >= 15 is 0 Å². The predicted octanol–water partition coefficient (Wildman–Crippen LogP) is 10.2. The lowest BCUT2D eigenvalue weighted by atomic mass is 9.83. The van der Waals surface area contributed by atoms with E-state index in [4.69, 9.17) is 45.2 Å². The quantitative estimate of drug-likeness (QED) is 0.231. The number of aliphatic hydroxyl groups is 1. The molecule has 0 spiro atoms. The number of aliphatic hydroxyl groups excluding tert-OH is 1. The second-order valence-electron chi connectivity index (χ2n) is 15.0. The third-order valence-electron chi connectivity index (χ3n) is 10.8. The molecule has 2 saturated carbocycles. The maximum absolute atomic E-state index is 10.6. The summed E-state index contributed by atoms with van der Waals surface area (Å²) in [5.74, 6) is 0.115. The fourth-order valence-corrected chi connectivity index (χ4v) is 8.80. The monoisotopic (exact) mass is 642 g/mol. The number of hydrogen-bond acceptors (Lipinski definition) is 3. The van der Waals surface area contributed by atoms with Gasteiger partial charge in [-0.2, -0.15) is 0 Å². The van der Waals surface area contributed by atoms with Crippen LogP contribution in [0.15, 0.2) is 22.2 Å². The summed E-state index contributed by atoms with van der Waals surface area (Å²) in [7, 11) is -3.90.